The minimum Gasteiger partial charge on any atom is -0.466 e. The molecule has 2 heterocycles. The van der Waals surface area contributed by atoms with E-state index in [1.54, 1.807) is 30.0 Å². The molecule has 0 aromatic heterocycles. The van der Waals surface area contributed by atoms with Crippen LogP contribution in [0, 0.1) is 5.92 Å². The highest BCUT2D eigenvalue weighted by molar-refractivity contribution is 6.01. The second-order valence-electron chi connectivity index (χ2n) is 5.94. The molecular weight excluding hydrogens is 296 g/mol. The molecule has 0 saturated carbocycles. The normalized spacial score (nSPS) is 20.0. The molecule has 1 saturated heterocycles. The van der Waals surface area contributed by atoms with Crippen molar-refractivity contribution < 1.29 is 19.1 Å². The smallest absolute Gasteiger partial charge is 0.310 e. The molecule has 3 rings (SSSR count). The van der Waals surface area contributed by atoms with Crippen LogP contribution in [0.25, 0.3) is 0 Å². The monoisotopic (exact) mass is 316 g/mol. The first-order chi connectivity index (χ1) is 11.1. The molecule has 2 amide bonds. The molecule has 1 aromatic carbocycles. The van der Waals surface area contributed by atoms with Crippen LogP contribution in [-0.2, 0) is 20.7 Å². The van der Waals surface area contributed by atoms with Crippen LogP contribution in [0.15, 0.2) is 18.2 Å². The fourth-order valence-electron chi connectivity index (χ4n) is 3.16. The van der Waals surface area contributed by atoms with Gasteiger partial charge in [-0.1, -0.05) is 0 Å². The number of anilines is 1. The average Bonchev–Trinajstić information content (AvgIpc) is 2.93. The summed E-state index contributed by atoms with van der Waals surface area (Å²) in [5.74, 6) is -0.620. The van der Waals surface area contributed by atoms with E-state index in [2.05, 4.69) is 5.32 Å². The first-order valence-corrected chi connectivity index (χ1v) is 7.97. The van der Waals surface area contributed by atoms with Gasteiger partial charge >= 0.3 is 5.97 Å². The second kappa shape index (κ2) is 6.40. The van der Waals surface area contributed by atoms with Crippen LogP contribution >= 0.6 is 0 Å². The van der Waals surface area contributed by atoms with E-state index < -0.39 is 0 Å². The SMILES string of the molecule is CCOC(=O)C1CCCN(C(=O)c2ccc3c(c2)CC(=O)N3)C1. The van der Waals surface area contributed by atoms with E-state index in [9.17, 15) is 14.4 Å². The molecule has 23 heavy (non-hydrogen) atoms. The van der Waals surface area contributed by atoms with Crippen LogP contribution in [0.5, 0.6) is 0 Å². The standard InChI is InChI=1S/C17H20N2O4/c1-2-23-17(22)12-4-3-7-19(10-12)16(21)11-5-6-14-13(8-11)9-15(20)18-14/h5-6,8,12H,2-4,7,9-10H2,1H3,(H,18,20). The number of benzene rings is 1. The van der Waals surface area contributed by atoms with Gasteiger partial charge in [-0.15, -0.1) is 0 Å². The fraction of sp³-hybridized carbons (Fsp3) is 0.471. The Bertz CT molecular complexity index is 656. The van der Waals surface area contributed by atoms with Crippen molar-refractivity contribution in [3.05, 3.63) is 29.3 Å². The molecule has 0 radical (unpaired) electrons. The number of hydrogen-bond donors (Lipinski definition) is 1. The highest BCUT2D eigenvalue weighted by atomic mass is 16.5. The van der Waals surface area contributed by atoms with Crippen molar-refractivity contribution in [2.45, 2.75) is 26.2 Å². The van der Waals surface area contributed by atoms with Crippen molar-refractivity contribution >= 4 is 23.5 Å². The summed E-state index contributed by atoms with van der Waals surface area (Å²) in [6.45, 7) is 3.17. The van der Waals surface area contributed by atoms with E-state index in [0.29, 0.717) is 31.7 Å². The third-order valence-corrected chi connectivity index (χ3v) is 4.31. The first kappa shape index (κ1) is 15.5. The molecule has 0 spiro atoms. The molecular formula is C17H20N2O4. The minimum absolute atomic E-state index is 0.0510. The number of carbonyl (C=O) groups is 3. The van der Waals surface area contributed by atoms with E-state index in [1.165, 1.54) is 0 Å². The van der Waals surface area contributed by atoms with Crippen LogP contribution < -0.4 is 5.32 Å². The van der Waals surface area contributed by atoms with E-state index >= 15 is 0 Å². The average molecular weight is 316 g/mol. The van der Waals surface area contributed by atoms with Crippen molar-refractivity contribution in [1.29, 1.82) is 0 Å². The van der Waals surface area contributed by atoms with Crippen molar-refractivity contribution in [2.24, 2.45) is 5.92 Å². The maximum atomic E-state index is 12.7. The fourth-order valence-corrected chi connectivity index (χ4v) is 3.16. The van der Waals surface area contributed by atoms with Crippen molar-refractivity contribution in [3.63, 3.8) is 0 Å². The van der Waals surface area contributed by atoms with E-state index in [-0.39, 0.29) is 23.7 Å². The van der Waals surface area contributed by atoms with Crippen molar-refractivity contribution in [3.8, 4) is 0 Å². The van der Waals surface area contributed by atoms with Gasteiger partial charge in [0.25, 0.3) is 5.91 Å². The van der Waals surface area contributed by atoms with Gasteiger partial charge in [0.15, 0.2) is 0 Å². The highest BCUT2D eigenvalue weighted by Crippen LogP contribution is 2.26. The van der Waals surface area contributed by atoms with Gasteiger partial charge in [0, 0.05) is 24.3 Å². The molecule has 1 N–H and O–H groups in total. The largest absolute Gasteiger partial charge is 0.466 e. The van der Waals surface area contributed by atoms with Gasteiger partial charge in [-0.2, -0.15) is 0 Å². The topological polar surface area (TPSA) is 75.7 Å². The lowest BCUT2D eigenvalue weighted by Crippen LogP contribution is -2.42. The molecule has 1 unspecified atom stereocenters. The van der Waals surface area contributed by atoms with Crippen molar-refractivity contribution in [1.82, 2.24) is 4.90 Å². The molecule has 1 atom stereocenters. The predicted octanol–water partition coefficient (Wildman–Crippen LogP) is 1.60. The summed E-state index contributed by atoms with van der Waals surface area (Å²) in [5, 5.41) is 2.75. The zero-order chi connectivity index (χ0) is 16.4. The first-order valence-electron chi connectivity index (χ1n) is 7.97. The number of piperidine rings is 1. The maximum absolute atomic E-state index is 12.7. The Kier molecular flexibility index (Phi) is 4.32. The summed E-state index contributed by atoms with van der Waals surface area (Å²) in [5.41, 5.74) is 2.18. The molecule has 2 aliphatic rings. The van der Waals surface area contributed by atoms with Crippen LogP contribution in [0.4, 0.5) is 5.69 Å². The Labute approximate surface area is 134 Å². The minimum atomic E-state index is -0.245. The molecule has 6 heteroatoms. The van der Waals surface area contributed by atoms with Crippen LogP contribution in [-0.4, -0.2) is 42.4 Å². The summed E-state index contributed by atoms with van der Waals surface area (Å²) >= 11 is 0. The molecule has 1 fully saturated rings. The van der Waals surface area contributed by atoms with Gasteiger partial charge in [0.05, 0.1) is 18.9 Å². The number of hydrogen-bond acceptors (Lipinski definition) is 4. The number of fused-ring (bicyclic) bond motifs is 1. The molecule has 2 aliphatic heterocycles. The van der Waals surface area contributed by atoms with Crippen LogP contribution in [0.1, 0.15) is 35.7 Å². The molecule has 122 valence electrons. The number of esters is 1. The molecule has 0 aliphatic carbocycles. The predicted molar refractivity (Wildman–Crippen MR) is 84.0 cm³/mol. The third-order valence-electron chi connectivity index (χ3n) is 4.31. The highest BCUT2D eigenvalue weighted by Gasteiger charge is 2.30. The van der Waals surface area contributed by atoms with Crippen molar-refractivity contribution in [2.75, 3.05) is 25.0 Å². The Morgan fingerprint density at radius 2 is 2.22 bits per heavy atom. The number of nitrogens with one attached hydrogen (secondary N) is 1. The lowest BCUT2D eigenvalue weighted by Gasteiger charge is -2.31. The number of ether oxygens (including phenoxy) is 1. The molecule has 1 aromatic rings. The lowest BCUT2D eigenvalue weighted by molar-refractivity contribution is -0.149. The zero-order valence-corrected chi connectivity index (χ0v) is 13.1. The summed E-state index contributed by atoms with van der Waals surface area (Å²) in [4.78, 5) is 37.7. The quantitative estimate of drug-likeness (QED) is 0.859. The Balaban J connectivity index is 1.72. The Morgan fingerprint density at radius 1 is 1.39 bits per heavy atom. The lowest BCUT2D eigenvalue weighted by atomic mass is 9.97. The maximum Gasteiger partial charge on any atom is 0.310 e. The summed E-state index contributed by atoms with van der Waals surface area (Å²) in [6.07, 6.45) is 1.85. The summed E-state index contributed by atoms with van der Waals surface area (Å²) < 4.78 is 5.06. The van der Waals surface area contributed by atoms with E-state index in [1.807, 2.05) is 0 Å². The zero-order valence-electron chi connectivity index (χ0n) is 13.1. The number of likely N-dealkylation sites (tertiary alicyclic amines) is 1. The number of amides is 2. The van der Waals surface area contributed by atoms with Gasteiger partial charge in [0.2, 0.25) is 5.91 Å². The molecule has 6 nitrogen and oxygen atoms in total. The number of carbonyl (C=O) groups excluding carboxylic acids is 3. The van der Waals surface area contributed by atoms with E-state index in [0.717, 1.165) is 24.1 Å². The Morgan fingerprint density at radius 3 is 3.00 bits per heavy atom. The van der Waals surface area contributed by atoms with Gasteiger partial charge in [0.1, 0.15) is 0 Å². The van der Waals surface area contributed by atoms with Crippen LogP contribution in [0.2, 0.25) is 0 Å². The Hall–Kier alpha value is -2.37. The van der Waals surface area contributed by atoms with Gasteiger partial charge < -0.3 is 15.0 Å². The summed E-state index contributed by atoms with van der Waals surface area (Å²) in [7, 11) is 0. The van der Waals surface area contributed by atoms with Gasteiger partial charge in [-0.25, -0.2) is 0 Å². The summed E-state index contributed by atoms with van der Waals surface area (Å²) in [6, 6.07) is 5.25. The third kappa shape index (κ3) is 3.21. The van der Waals surface area contributed by atoms with Gasteiger partial charge in [-0.3, -0.25) is 14.4 Å². The van der Waals surface area contributed by atoms with E-state index in [4.69, 9.17) is 4.74 Å². The number of rotatable bonds is 3. The molecule has 0 bridgehead atoms. The second-order valence-corrected chi connectivity index (χ2v) is 5.94. The van der Waals surface area contributed by atoms with Gasteiger partial charge in [-0.05, 0) is 43.5 Å². The van der Waals surface area contributed by atoms with Crippen LogP contribution in [0.3, 0.4) is 0 Å². The number of nitrogens with zero attached hydrogens (tertiary/aromatic N) is 1.